The van der Waals surface area contributed by atoms with Crippen molar-refractivity contribution in [1.29, 1.82) is 0 Å². The molecule has 1 heterocycles. The molecule has 1 saturated heterocycles. The van der Waals surface area contributed by atoms with Gasteiger partial charge in [0.2, 0.25) is 5.91 Å². The van der Waals surface area contributed by atoms with Gasteiger partial charge < -0.3 is 15.0 Å². The molecule has 1 aliphatic heterocycles. The number of hydrogen-bond acceptors (Lipinski definition) is 3. The van der Waals surface area contributed by atoms with Crippen LogP contribution in [-0.4, -0.2) is 42.1 Å². The Morgan fingerprint density at radius 3 is 2.42 bits per heavy atom. The van der Waals surface area contributed by atoms with Crippen LogP contribution in [0.25, 0.3) is 0 Å². The Kier molecular flexibility index (Phi) is 6.92. The number of halogens is 2. The number of amides is 1. The number of fused-ring (bicyclic) bond motifs is 1. The number of rotatable bonds is 6. The minimum Gasteiger partial charge on any atom is -0.491 e. The molecule has 1 amide bonds. The first-order valence-electron chi connectivity index (χ1n) is 9.17. The summed E-state index contributed by atoms with van der Waals surface area (Å²) in [5.41, 5.74) is 0.749. The third kappa shape index (κ3) is 4.89. The van der Waals surface area contributed by atoms with Gasteiger partial charge in [-0.25, -0.2) is 0 Å². The van der Waals surface area contributed by atoms with Crippen LogP contribution >= 0.6 is 12.0 Å². The highest BCUT2D eigenvalue weighted by Crippen LogP contribution is 2.52. The maximum Gasteiger partial charge on any atom is 0.224 e. The third-order valence-corrected chi connectivity index (χ3v) is 5.40. The van der Waals surface area contributed by atoms with Gasteiger partial charge in [0.15, 0.2) is 0 Å². The normalized spacial score (nSPS) is 24.5. The number of ether oxygens (including phenoxy) is 1. The zero-order valence-corrected chi connectivity index (χ0v) is 17.0. The first kappa shape index (κ1) is 21.0. The van der Waals surface area contributed by atoms with Crippen LogP contribution in [0, 0.1) is 24.7 Å². The van der Waals surface area contributed by atoms with E-state index in [9.17, 15) is 4.79 Å². The van der Waals surface area contributed by atoms with Crippen LogP contribution in [0.2, 0.25) is 0 Å². The van der Waals surface area contributed by atoms with Crippen molar-refractivity contribution >= 4 is 17.9 Å². The van der Waals surface area contributed by atoms with Crippen molar-refractivity contribution in [3.8, 4) is 5.75 Å². The predicted molar refractivity (Wildman–Crippen MR) is 103 cm³/mol. The molecule has 2 atom stereocenters. The number of para-hydroxylation sites is 1. The zero-order valence-electron chi connectivity index (χ0n) is 16.3. The van der Waals surface area contributed by atoms with Crippen LogP contribution in [-0.2, 0) is 4.79 Å². The standard InChI is InChI=1S/C20H30N2O2.ClF/c1-13(2)22-10-15-16(11-22)18(15)19(23)21-20(4,5)12-24-17-9-7-6-8-14(17)3;1-2/h6-9,13,15-16,18H,10-12H2,1-5H3,(H,21,23);. The van der Waals surface area contributed by atoms with Crippen molar-refractivity contribution in [3.05, 3.63) is 29.8 Å². The van der Waals surface area contributed by atoms with Crippen LogP contribution in [0.3, 0.4) is 0 Å². The highest BCUT2D eigenvalue weighted by atomic mass is 35.5. The van der Waals surface area contributed by atoms with Crippen LogP contribution in [0.1, 0.15) is 33.3 Å². The van der Waals surface area contributed by atoms with E-state index in [2.05, 4.69) is 36.0 Å². The van der Waals surface area contributed by atoms with Gasteiger partial charge >= 0.3 is 0 Å². The SMILES string of the molecule is Cc1ccccc1OCC(C)(C)NC(=O)C1C2CN(C(C)C)CC21.FCl. The van der Waals surface area contributed by atoms with Gasteiger partial charge in [-0.2, -0.15) is 0 Å². The highest BCUT2D eigenvalue weighted by molar-refractivity contribution is 6.06. The van der Waals surface area contributed by atoms with Crippen LogP contribution in [0.4, 0.5) is 3.98 Å². The maximum atomic E-state index is 12.6. The fourth-order valence-corrected chi connectivity index (χ4v) is 3.80. The molecule has 1 saturated carbocycles. The molecule has 6 heteroatoms. The molecule has 1 aromatic carbocycles. The number of hydrogen-bond donors (Lipinski definition) is 1. The summed E-state index contributed by atoms with van der Waals surface area (Å²) < 4.78 is 14.9. The summed E-state index contributed by atoms with van der Waals surface area (Å²) in [6.07, 6.45) is 0. The lowest BCUT2D eigenvalue weighted by molar-refractivity contribution is -0.125. The van der Waals surface area contributed by atoms with Crippen molar-refractivity contribution < 1.29 is 13.5 Å². The average molecular weight is 385 g/mol. The lowest BCUT2D eigenvalue weighted by Crippen LogP contribution is -2.49. The Balaban J connectivity index is 0.00000117. The Morgan fingerprint density at radius 2 is 1.88 bits per heavy atom. The second-order valence-corrected chi connectivity index (χ2v) is 8.33. The van der Waals surface area contributed by atoms with Crippen LogP contribution in [0.15, 0.2) is 24.3 Å². The number of nitrogens with zero attached hydrogens (tertiary/aromatic N) is 1. The molecule has 4 nitrogen and oxygen atoms in total. The van der Waals surface area contributed by atoms with Crippen LogP contribution < -0.4 is 10.1 Å². The van der Waals surface area contributed by atoms with Crippen molar-refractivity contribution in [2.24, 2.45) is 17.8 Å². The number of piperidine rings is 1. The summed E-state index contributed by atoms with van der Waals surface area (Å²) in [6, 6.07) is 8.56. The van der Waals surface area contributed by atoms with E-state index in [1.54, 1.807) is 0 Å². The summed E-state index contributed by atoms with van der Waals surface area (Å²) in [7, 11) is 0. The number of carbonyl (C=O) groups is 1. The Morgan fingerprint density at radius 1 is 1.31 bits per heavy atom. The first-order chi connectivity index (χ1) is 12.3. The van der Waals surface area contributed by atoms with Gasteiger partial charge in [0.25, 0.3) is 0 Å². The van der Waals surface area contributed by atoms with Crippen molar-refractivity contribution in [3.63, 3.8) is 0 Å². The van der Waals surface area contributed by atoms with Gasteiger partial charge in [-0.15, -0.1) is 3.98 Å². The number of nitrogens with one attached hydrogen (secondary N) is 1. The zero-order chi connectivity index (χ0) is 19.5. The largest absolute Gasteiger partial charge is 0.491 e. The lowest BCUT2D eigenvalue weighted by atomic mass is 10.1. The quantitative estimate of drug-likeness (QED) is 0.807. The third-order valence-electron chi connectivity index (χ3n) is 5.40. The number of likely N-dealkylation sites (tertiary alicyclic amines) is 1. The molecular formula is C20H30ClFN2O2. The molecule has 1 N–H and O–H groups in total. The molecule has 2 unspecified atom stereocenters. The van der Waals surface area contributed by atoms with E-state index in [1.165, 1.54) is 0 Å². The van der Waals surface area contributed by atoms with E-state index in [4.69, 9.17) is 8.72 Å². The monoisotopic (exact) mass is 384 g/mol. The second-order valence-electron chi connectivity index (χ2n) is 8.33. The van der Waals surface area contributed by atoms with Crippen molar-refractivity contribution in [2.45, 2.75) is 46.2 Å². The summed E-state index contributed by atoms with van der Waals surface area (Å²) in [5.74, 6) is 2.40. The lowest BCUT2D eigenvalue weighted by Gasteiger charge is -2.28. The van der Waals surface area contributed by atoms with Gasteiger partial charge in [-0.05, 0) is 58.1 Å². The fourth-order valence-electron chi connectivity index (χ4n) is 3.80. The van der Waals surface area contributed by atoms with E-state index in [0.717, 1.165) is 24.4 Å². The molecule has 2 aliphatic rings. The minimum atomic E-state index is -0.367. The second kappa shape index (κ2) is 8.57. The van der Waals surface area contributed by atoms with Gasteiger partial charge in [-0.1, -0.05) is 18.2 Å². The smallest absolute Gasteiger partial charge is 0.224 e. The fraction of sp³-hybridized carbons (Fsp3) is 0.650. The predicted octanol–water partition coefficient (Wildman–Crippen LogP) is 3.96. The van der Waals surface area contributed by atoms with E-state index >= 15 is 0 Å². The molecule has 1 aromatic rings. The Bertz CT molecular complexity index is 612. The maximum absolute atomic E-state index is 12.6. The number of benzene rings is 1. The Hall–Kier alpha value is -1.33. The van der Waals surface area contributed by atoms with Crippen molar-refractivity contribution in [1.82, 2.24) is 10.2 Å². The van der Waals surface area contributed by atoms with E-state index < -0.39 is 0 Å². The topological polar surface area (TPSA) is 41.6 Å². The van der Waals surface area contributed by atoms with E-state index in [1.807, 2.05) is 45.0 Å². The average Bonchev–Trinajstić information content (AvgIpc) is 3.10. The first-order valence-corrected chi connectivity index (χ1v) is 9.46. The molecule has 0 bridgehead atoms. The number of aryl methyl sites for hydroxylation is 1. The molecular weight excluding hydrogens is 355 g/mol. The Labute approximate surface area is 161 Å². The van der Waals surface area contributed by atoms with Gasteiger partial charge in [0.05, 0.1) is 5.54 Å². The molecule has 146 valence electrons. The van der Waals surface area contributed by atoms with E-state index in [-0.39, 0.29) is 17.4 Å². The summed E-state index contributed by atoms with van der Waals surface area (Å²) >= 11 is 3.14. The van der Waals surface area contributed by atoms with Gasteiger partial charge in [0.1, 0.15) is 24.3 Å². The summed E-state index contributed by atoms with van der Waals surface area (Å²) in [5, 5.41) is 3.20. The molecule has 0 aromatic heterocycles. The molecule has 0 radical (unpaired) electrons. The molecule has 3 rings (SSSR count). The van der Waals surface area contributed by atoms with Crippen molar-refractivity contribution in [2.75, 3.05) is 19.7 Å². The summed E-state index contributed by atoms with van der Waals surface area (Å²) in [6.45, 7) is 13.2. The van der Waals surface area contributed by atoms with Crippen LogP contribution in [0.5, 0.6) is 5.75 Å². The molecule has 1 aliphatic carbocycles. The number of carbonyl (C=O) groups excluding carboxylic acids is 1. The molecule has 26 heavy (non-hydrogen) atoms. The van der Waals surface area contributed by atoms with E-state index in [0.29, 0.717) is 24.5 Å². The molecule has 0 spiro atoms. The van der Waals surface area contributed by atoms with Gasteiger partial charge in [0, 0.05) is 25.0 Å². The highest BCUT2D eigenvalue weighted by Gasteiger charge is 2.59. The molecule has 2 fully saturated rings. The summed E-state index contributed by atoms with van der Waals surface area (Å²) in [4.78, 5) is 15.1. The minimum absolute atomic E-state index is 0.201. The van der Waals surface area contributed by atoms with Gasteiger partial charge in [-0.3, -0.25) is 4.79 Å².